The number of hydrazine groups is 1. The first-order chi connectivity index (χ1) is 15.1. The van der Waals surface area contributed by atoms with Crippen molar-refractivity contribution in [1.29, 1.82) is 0 Å². The normalized spacial score (nSPS) is 10.6. The van der Waals surface area contributed by atoms with Crippen molar-refractivity contribution in [3.05, 3.63) is 84.4 Å². The zero-order valence-corrected chi connectivity index (χ0v) is 16.8. The second-order valence-electron chi connectivity index (χ2n) is 6.25. The minimum atomic E-state index is -0.550. The van der Waals surface area contributed by atoms with E-state index in [4.69, 9.17) is 4.42 Å². The van der Waals surface area contributed by atoms with Crippen LogP contribution in [0.4, 0.5) is 4.39 Å². The zero-order chi connectivity index (χ0) is 21.6. The Morgan fingerprint density at radius 1 is 0.968 bits per heavy atom. The molecule has 4 rings (SSSR count). The number of benzene rings is 2. The van der Waals surface area contributed by atoms with Gasteiger partial charge in [0.25, 0.3) is 5.91 Å². The van der Waals surface area contributed by atoms with Crippen LogP contribution in [-0.4, -0.2) is 32.3 Å². The number of aromatic nitrogens is 3. The van der Waals surface area contributed by atoms with Crippen LogP contribution in [0.25, 0.3) is 17.3 Å². The number of hydrogen-bond acceptors (Lipinski definition) is 6. The molecular weight excluding hydrogens is 421 g/mol. The molecule has 2 aromatic carbocycles. The Morgan fingerprint density at radius 2 is 1.74 bits per heavy atom. The topological polar surface area (TPSA) is 102 Å². The monoisotopic (exact) mass is 437 g/mol. The molecule has 10 heteroatoms. The second kappa shape index (κ2) is 9.26. The molecule has 0 bridgehead atoms. The molecule has 8 nitrogen and oxygen atoms in total. The number of para-hydroxylation sites is 1. The number of nitrogens with one attached hydrogen (secondary N) is 2. The van der Waals surface area contributed by atoms with Crippen molar-refractivity contribution in [1.82, 2.24) is 25.6 Å². The van der Waals surface area contributed by atoms with Crippen LogP contribution in [0.15, 0.2) is 82.6 Å². The van der Waals surface area contributed by atoms with Crippen molar-refractivity contribution in [3.8, 4) is 17.3 Å². The molecule has 31 heavy (non-hydrogen) atoms. The molecule has 0 saturated heterocycles. The Kier molecular flexibility index (Phi) is 6.08. The van der Waals surface area contributed by atoms with Crippen molar-refractivity contribution in [2.75, 3.05) is 5.75 Å². The van der Waals surface area contributed by atoms with Crippen LogP contribution in [-0.2, 0) is 4.79 Å². The predicted molar refractivity (Wildman–Crippen MR) is 112 cm³/mol. The highest BCUT2D eigenvalue weighted by Gasteiger charge is 2.19. The molecule has 2 heterocycles. The van der Waals surface area contributed by atoms with Crippen LogP contribution in [0, 0.1) is 5.82 Å². The number of nitrogens with zero attached hydrogens (tertiary/aromatic N) is 3. The van der Waals surface area contributed by atoms with Crippen LogP contribution in [0.1, 0.15) is 10.4 Å². The number of rotatable bonds is 6. The van der Waals surface area contributed by atoms with E-state index in [9.17, 15) is 14.0 Å². The lowest BCUT2D eigenvalue weighted by molar-refractivity contribution is -0.119. The van der Waals surface area contributed by atoms with Gasteiger partial charge in [-0.1, -0.05) is 30.0 Å². The lowest BCUT2D eigenvalue weighted by Crippen LogP contribution is -2.42. The molecule has 156 valence electrons. The lowest BCUT2D eigenvalue weighted by atomic mass is 10.2. The van der Waals surface area contributed by atoms with Crippen molar-refractivity contribution in [2.24, 2.45) is 0 Å². The van der Waals surface area contributed by atoms with Crippen molar-refractivity contribution >= 4 is 23.6 Å². The van der Waals surface area contributed by atoms with Crippen LogP contribution in [0.5, 0.6) is 0 Å². The summed E-state index contributed by atoms with van der Waals surface area (Å²) in [6.07, 6.45) is 1.55. The minimum absolute atomic E-state index is 0.0210. The van der Waals surface area contributed by atoms with E-state index in [1.54, 1.807) is 23.0 Å². The summed E-state index contributed by atoms with van der Waals surface area (Å²) in [5, 5.41) is 8.87. The summed E-state index contributed by atoms with van der Waals surface area (Å²) < 4.78 is 20.2. The molecule has 0 spiro atoms. The first-order valence-electron chi connectivity index (χ1n) is 9.14. The molecule has 0 unspecified atom stereocenters. The van der Waals surface area contributed by atoms with E-state index >= 15 is 0 Å². The standard InChI is InChI=1S/C21H16FN5O3S/c22-15-10-8-14(9-11-15)20(29)25-23-18(28)13-31-21-26-24-19(17-7-4-12-30-17)27(21)16-5-2-1-3-6-16/h1-12H,13H2,(H,23,28)(H,25,29). The molecule has 0 radical (unpaired) electrons. The van der Waals surface area contributed by atoms with Crippen LogP contribution in [0.3, 0.4) is 0 Å². The Morgan fingerprint density at radius 3 is 2.45 bits per heavy atom. The van der Waals surface area contributed by atoms with Gasteiger partial charge < -0.3 is 4.42 Å². The van der Waals surface area contributed by atoms with Gasteiger partial charge in [-0.15, -0.1) is 10.2 Å². The third-order valence-electron chi connectivity index (χ3n) is 4.14. The Bertz CT molecular complexity index is 1180. The Labute approximate surface area is 180 Å². The maximum atomic E-state index is 12.9. The summed E-state index contributed by atoms with van der Waals surface area (Å²) in [4.78, 5) is 24.2. The van der Waals surface area contributed by atoms with Crippen LogP contribution < -0.4 is 10.9 Å². The van der Waals surface area contributed by atoms with Gasteiger partial charge in [-0.05, 0) is 48.5 Å². The quantitative estimate of drug-likeness (QED) is 0.355. The lowest BCUT2D eigenvalue weighted by Gasteiger charge is -2.10. The van der Waals surface area contributed by atoms with Gasteiger partial charge in [-0.3, -0.25) is 25.0 Å². The van der Waals surface area contributed by atoms with Crippen molar-refractivity contribution in [2.45, 2.75) is 5.16 Å². The van der Waals surface area contributed by atoms with Gasteiger partial charge in [-0.25, -0.2) is 4.39 Å². The summed E-state index contributed by atoms with van der Waals surface area (Å²) in [5.41, 5.74) is 5.66. The highest BCUT2D eigenvalue weighted by atomic mass is 32.2. The van der Waals surface area contributed by atoms with Crippen molar-refractivity contribution in [3.63, 3.8) is 0 Å². The number of carbonyl (C=O) groups is 2. The van der Waals surface area contributed by atoms with Gasteiger partial charge in [0.05, 0.1) is 12.0 Å². The molecule has 2 amide bonds. The molecule has 2 aromatic heterocycles. The van der Waals surface area contributed by atoms with E-state index in [0.717, 1.165) is 17.4 Å². The van der Waals surface area contributed by atoms with E-state index in [-0.39, 0.29) is 11.3 Å². The fourth-order valence-corrected chi connectivity index (χ4v) is 3.46. The first kappa shape index (κ1) is 20.4. The number of furan rings is 1. The molecule has 2 N–H and O–H groups in total. The average Bonchev–Trinajstić information content (AvgIpc) is 3.47. The van der Waals surface area contributed by atoms with E-state index in [1.807, 2.05) is 30.3 Å². The summed E-state index contributed by atoms with van der Waals surface area (Å²) in [6, 6.07) is 17.9. The van der Waals surface area contributed by atoms with E-state index in [2.05, 4.69) is 21.0 Å². The maximum Gasteiger partial charge on any atom is 0.269 e. The smallest absolute Gasteiger partial charge is 0.269 e. The van der Waals surface area contributed by atoms with Gasteiger partial charge in [0, 0.05) is 11.3 Å². The Balaban J connectivity index is 1.43. The fraction of sp³-hybridized carbons (Fsp3) is 0.0476. The highest BCUT2D eigenvalue weighted by Crippen LogP contribution is 2.27. The number of amides is 2. The molecule has 0 aliphatic carbocycles. The summed E-state index contributed by atoms with van der Waals surface area (Å²) in [7, 11) is 0. The van der Waals surface area contributed by atoms with Gasteiger partial charge in [0.2, 0.25) is 11.7 Å². The SMILES string of the molecule is O=C(CSc1nnc(-c2ccco2)n1-c1ccccc1)NNC(=O)c1ccc(F)cc1. The third kappa shape index (κ3) is 4.81. The molecule has 0 saturated carbocycles. The van der Waals surface area contributed by atoms with Crippen molar-refractivity contribution < 1.29 is 18.4 Å². The number of halogens is 1. The summed E-state index contributed by atoms with van der Waals surface area (Å²) in [5.74, 6) is -0.419. The average molecular weight is 437 g/mol. The van der Waals surface area contributed by atoms with E-state index in [1.165, 1.54) is 24.3 Å². The number of carbonyl (C=O) groups excluding carboxylic acids is 2. The summed E-state index contributed by atoms with van der Waals surface area (Å²) in [6.45, 7) is 0. The van der Waals surface area contributed by atoms with Gasteiger partial charge in [-0.2, -0.15) is 0 Å². The molecular formula is C21H16FN5O3S. The molecule has 0 aliphatic rings. The van der Waals surface area contributed by atoms with Gasteiger partial charge >= 0.3 is 0 Å². The van der Waals surface area contributed by atoms with E-state index in [0.29, 0.717) is 16.7 Å². The molecule has 0 atom stereocenters. The predicted octanol–water partition coefficient (Wildman–Crippen LogP) is 3.22. The molecule has 0 aliphatic heterocycles. The molecule has 4 aromatic rings. The zero-order valence-electron chi connectivity index (χ0n) is 16.0. The fourth-order valence-electron chi connectivity index (χ4n) is 2.70. The summed E-state index contributed by atoms with van der Waals surface area (Å²) >= 11 is 1.15. The van der Waals surface area contributed by atoms with Crippen LogP contribution in [0.2, 0.25) is 0 Å². The second-order valence-corrected chi connectivity index (χ2v) is 7.19. The Hall–Kier alpha value is -3.92. The van der Waals surface area contributed by atoms with Crippen LogP contribution >= 0.6 is 11.8 Å². The largest absolute Gasteiger partial charge is 0.461 e. The first-order valence-corrected chi connectivity index (χ1v) is 10.1. The van der Waals surface area contributed by atoms with Gasteiger partial charge in [0.1, 0.15) is 5.82 Å². The number of thioether (sulfide) groups is 1. The van der Waals surface area contributed by atoms with Gasteiger partial charge in [0.15, 0.2) is 10.9 Å². The molecule has 0 fully saturated rings. The maximum absolute atomic E-state index is 12.9. The number of hydrogen-bond donors (Lipinski definition) is 2. The van der Waals surface area contributed by atoms with E-state index < -0.39 is 17.6 Å². The highest BCUT2D eigenvalue weighted by molar-refractivity contribution is 7.99. The third-order valence-corrected chi connectivity index (χ3v) is 5.07. The minimum Gasteiger partial charge on any atom is -0.461 e.